The fraction of sp³-hybridized carbons (Fsp3) is 0.524. The lowest BCUT2D eigenvalue weighted by Crippen LogP contribution is -2.41. The van der Waals surface area contributed by atoms with Gasteiger partial charge in [-0.2, -0.15) is 0 Å². The van der Waals surface area contributed by atoms with Crippen LogP contribution in [0, 0.1) is 12.8 Å². The molecule has 2 aromatic rings. The summed E-state index contributed by atoms with van der Waals surface area (Å²) in [6.07, 6.45) is 5.28. The number of hydrogen-bond donors (Lipinski definition) is 2. The first-order valence-corrected chi connectivity index (χ1v) is 10.7. The first-order valence-electron chi connectivity index (χ1n) is 9.85. The van der Waals surface area contributed by atoms with Gasteiger partial charge < -0.3 is 15.5 Å². The molecule has 0 spiro atoms. The number of guanidine groups is 1. The average Bonchev–Trinajstić information content (AvgIpc) is 3.32. The number of rotatable bonds is 8. The number of thiazole rings is 1. The van der Waals surface area contributed by atoms with Crippen molar-refractivity contribution in [2.75, 3.05) is 39.8 Å². The topological polar surface area (TPSA) is 52.6 Å². The predicted molar refractivity (Wildman–Crippen MR) is 130 cm³/mol. The molecule has 0 saturated carbocycles. The zero-order valence-electron chi connectivity index (χ0n) is 16.9. The zero-order valence-corrected chi connectivity index (χ0v) is 20.0. The Morgan fingerprint density at radius 2 is 2.07 bits per heavy atom. The van der Waals surface area contributed by atoms with Crippen LogP contribution in [0.5, 0.6) is 0 Å². The molecule has 5 nitrogen and oxygen atoms in total. The van der Waals surface area contributed by atoms with Gasteiger partial charge in [0.2, 0.25) is 0 Å². The third-order valence-corrected chi connectivity index (χ3v) is 5.98. The number of nitrogens with one attached hydrogen (secondary N) is 2. The molecule has 1 unspecified atom stereocenters. The summed E-state index contributed by atoms with van der Waals surface area (Å²) in [7, 11) is 1.84. The smallest absolute Gasteiger partial charge is 0.191 e. The highest BCUT2D eigenvalue weighted by molar-refractivity contribution is 14.0. The van der Waals surface area contributed by atoms with Crippen LogP contribution >= 0.6 is 35.3 Å². The highest BCUT2D eigenvalue weighted by atomic mass is 127. The Balaban J connectivity index is 0.00000280. The maximum atomic E-state index is 4.41. The predicted octanol–water partition coefficient (Wildman–Crippen LogP) is 3.34. The minimum atomic E-state index is 0. The summed E-state index contributed by atoms with van der Waals surface area (Å²) in [5, 5.41) is 8.07. The zero-order chi connectivity index (χ0) is 18.9. The molecule has 2 heterocycles. The first-order chi connectivity index (χ1) is 13.2. The lowest BCUT2D eigenvalue weighted by molar-refractivity contribution is 0.328. The van der Waals surface area contributed by atoms with Crippen LogP contribution < -0.4 is 10.6 Å². The van der Waals surface area contributed by atoms with Crippen LogP contribution in [0.2, 0.25) is 0 Å². The normalized spacial score (nSPS) is 17.4. The number of aryl methyl sites for hydroxylation is 1. The van der Waals surface area contributed by atoms with Crippen LogP contribution in [0.3, 0.4) is 0 Å². The third-order valence-electron chi connectivity index (χ3n) is 5.01. The molecule has 0 amide bonds. The van der Waals surface area contributed by atoms with E-state index in [-0.39, 0.29) is 24.0 Å². The quantitative estimate of drug-likeness (QED) is 0.323. The third kappa shape index (κ3) is 7.67. The van der Waals surface area contributed by atoms with E-state index in [4.69, 9.17) is 0 Å². The molecule has 0 bridgehead atoms. The molecular formula is C21H32IN5S. The van der Waals surface area contributed by atoms with Gasteiger partial charge in [-0.3, -0.25) is 4.99 Å². The van der Waals surface area contributed by atoms with Crippen LogP contribution in [-0.2, 0) is 12.8 Å². The molecule has 3 rings (SSSR count). The number of halogens is 1. The van der Waals surface area contributed by atoms with Gasteiger partial charge in [-0.25, -0.2) is 4.98 Å². The SMILES string of the molecule is CN=C(NCCc1ncc(C)s1)NCC1CCN(CCc2ccccc2)C1.I. The summed E-state index contributed by atoms with van der Waals surface area (Å²) in [5.41, 5.74) is 1.43. The average molecular weight is 513 g/mol. The van der Waals surface area contributed by atoms with Gasteiger partial charge in [0.1, 0.15) is 0 Å². The van der Waals surface area contributed by atoms with Crippen molar-refractivity contribution in [1.29, 1.82) is 0 Å². The Labute approximate surface area is 190 Å². The number of benzene rings is 1. The summed E-state index contributed by atoms with van der Waals surface area (Å²) in [6.45, 7) is 7.47. The fourth-order valence-corrected chi connectivity index (χ4v) is 4.27. The van der Waals surface area contributed by atoms with Gasteiger partial charge in [0.15, 0.2) is 5.96 Å². The second kappa shape index (κ2) is 12.4. The van der Waals surface area contributed by atoms with Crippen molar-refractivity contribution in [3.63, 3.8) is 0 Å². The molecule has 1 aliphatic rings. The Kier molecular flexibility index (Phi) is 10.2. The van der Waals surface area contributed by atoms with E-state index in [2.05, 4.69) is 62.8 Å². The van der Waals surface area contributed by atoms with Gasteiger partial charge in [0, 0.05) is 50.7 Å². The molecule has 1 saturated heterocycles. The Morgan fingerprint density at radius 1 is 1.25 bits per heavy atom. The van der Waals surface area contributed by atoms with Gasteiger partial charge in [-0.05, 0) is 37.8 Å². The largest absolute Gasteiger partial charge is 0.356 e. The second-order valence-electron chi connectivity index (χ2n) is 7.19. The van der Waals surface area contributed by atoms with Crippen LogP contribution in [-0.4, -0.2) is 55.6 Å². The second-order valence-corrected chi connectivity index (χ2v) is 8.50. The Bertz CT molecular complexity index is 719. The minimum Gasteiger partial charge on any atom is -0.356 e. The molecular weight excluding hydrogens is 481 g/mol. The van der Waals surface area contributed by atoms with Crippen LogP contribution in [0.25, 0.3) is 0 Å². The van der Waals surface area contributed by atoms with Gasteiger partial charge in [0.25, 0.3) is 0 Å². The number of aromatic nitrogens is 1. The van der Waals surface area contributed by atoms with Crippen LogP contribution in [0.4, 0.5) is 0 Å². The Morgan fingerprint density at radius 3 is 2.79 bits per heavy atom. The molecule has 0 aliphatic carbocycles. The molecule has 0 radical (unpaired) electrons. The number of aliphatic imine (C=N–C) groups is 1. The highest BCUT2D eigenvalue weighted by Crippen LogP contribution is 2.16. The number of likely N-dealkylation sites (tertiary alicyclic amines) is 1. The molecule has 2 N–H and O–H groups in total. The van der Waals surface area contributed by atoms with E-state index in [0.717, 1.165) is 38.4 Å². The maximum absolute atomic E-state index is 4.41. The Hall–Kier alpha value is -1.19. The molecule has 28 heavy (non-hydrogen) atoms. The maximum Gasteiger partial charge on any atom is 0.191 e. The summed E-state index contributed by atoms with van der Waals surface area (Å²) in [5.74, 6) is 1.59. The molecule has 1 aromatic heterocycles. The van der Waals surface area contributed by atoms with Crippen molar-refractivity contribution in [2.45, 2.75) is 26.2 Å². The molecule has 1 aromatic carbocycles. The van der Waals surface area contributed by atoms with Crippen molar-refractivity contribution in [2.24, 2.45) is 10.9 Å². The summed E-state index contributed by atoms with van der Waals surface area (Å²) in [6, 6.07) is 10.8. The van der Waals surface area contributed by atoms with Gasteiger partial charge in [0.05, 0.1) is 5.01 Å². The highest BCUT2D eigenvalue weighted by Gasteiger charge is 2.22. The molecule has 7 heteroatoms. The van der Waals surface area contributed by atoms with Crippen molar-refractivity contribution >= 4 is 41.3 Å². The van der Waals surface area contributed by atoms with E-state index < -0.39 is 0 Å². The number of hydrogen-bond acceptors (Lipinski definition) is 4. The lowest BCUT2D eigenvalue weighted by atomic mass is 10.1. The van der Waals surface area contributed by atoms with E-state index in [0.29, 0.717) is 5.92 Å². The molecule has 154 valence electrons. The minimum absolute atomic E-state index is 0. The van der Waals surface area contributed by atoms with Crippen LogP contribution in [0.1, 0.15) is 21.9 Å². The standard InChI is InChI=1S/C21H31N5S.HI/c1-17-14-24-20(27-17)8-11-23-21(22-2)25-15-19-10-13-26(16-19)12-9-18-6-4-3-5-7-18;/h3-7,14,19H,8-13,15-16H2,1-2H3,(H2,22,23,25);1H. The molecule has 1 fully saturated rings. The fourth-order valence-electron chi connectivity index (χ4n) is 3.48. The van der Waals surface area contributed by atoms with E-state index in [9.17, 15) is 0 Å². The van der Waals surface area contributed by atoms with Crippen molar-refractivity contribution in [3.05, 3.63) is 52.0 Å². The van der Waals surface area contributed by atoms with E-state index in [1.54, 1.807) is 11.3 Å². The van der Waals surface area contributed by atoms with E-state index in [1.807, 2.05) is 13.2 Å². The van der Waals surface area contributed by atoms with E-state index in [1.165, 1.54) is 35.0 Å². The van der Waals surface area contributed by atoms with Crippen molar-refractivity contribution < 1.29 is 0 Å². The van der Waals surface area contributed by atoms with Crippen LogP contribution in [0.15, 0.2) is 41.5 Å². The summed E-state index contributed by atoms with van der Waals surface area (Å²) in [4.78, 5) is 12.6. The number of nitrogens with zero attached hydrogens (tertiary/aromatic N) is 3. The van der Waals surface area contributed by atoms with Crippen molar-refractivity contribution in [1.82, 2.24) is 20.5 Å². The first kappa shape index (κ1) is 23.1. The monoisotopic (exact) mass is 513 g/mol. The molecule has 1 atom stereocenters. The van der Waals surface area contributed by atoms with Gasteiger partial charge in [-0.1, -0.05) is 30.3 Å². The van der Waals surface area contributed by atoms with Gasteiger partial charge in [-0.15, -0.1) is 35.3 Å². The van der Waals surface area contributed by atoms with Gasteiger partial charge >= 0.3 is 0 Å². The lowest BCUT2D eigenvalue weighted by Gasteiger charge is -2.17. The summed E-state index contributed by atoms with van der Waals surface area (Å²) < 4.78 is 0. The van der Waals surface area contributed by atoms with E-state index >= 15 is 0 Å². The molecule has 1 aliphatic heterocycles. The summed E-state index contributed by atoms with van der Waals surface area (Å²) >= 11 is 1.77. The van der Waals surface area contributed by atoms with Crippen molar-refractivity contribution in [3.8, 4) is 0 Å².